The molecule has 0 fully saturated rings. The number of halogens is 3. The zero-order valence-corrected chi connectivity index (χ0v) is 15.7. The second-order valence-electron chi connectivity index (χ2n) is 7.72. The van der Waals surface area contributed by atoms with Crippen LogP contribution in [-0.4, -0.2) is 27.9 Å². The quantitative estimate of drug-likeness (QED) is 0.770. The van der Waals surface area contributed by atoms with E-state index >= 15 is 0 Å². The number of furan rings is 1. The zero-order chi connectivity index (χ0) is 21.0. The van der Waals surface area contributed by atoms with E-state index in [0.717, 1.165) is 5.56 Å². The Bertz CT molecular complexity index is 1100. The Hall–Kier alpha value is -3.16. The first-order valence-electron chi connectivity index (χ1n) is 9.69. The number of alkyl halides is 3. The van der Waals surface area contributed by atoms with Crippen molar-refractivity contribution in [3.8, 4) is 5.88 Å². The van der Waals surface area contributed by atoms with Crippen molar-refractivity contribution in [3.63, 3.8) is 0 Å². The fraction of sp³-hybridized carbons (Fsp3) is 0.318. The summed E-state index contributed by atoms with van der Waals surface area (Å²) in [5.74, 6) is -2.21. The number of carbonyl (C=O) groups is 1. The number of carboxylic acid groups (broad SMARTS) is 1. The normalized spacial score (nSPS) is 24.9. The summed E-state index contributed by atoms with van der Waals surface area (Å²) < 4.78 is 53.4. The van der Waals surface area contributed by atoms with Gasteiger partial charge in [-0.15, -0.1) is 0 Å². The average molecular weight is 417 g/mol. The van der Waals surface area contributed by atoms with E-state index in [2.05, 4.69) is 0 Å². The van der Waals surface area contributed by atoms with Crippen LogP contribution in [0, 0.1) is 11.8 Å². The lowest BCUT2D eigenvalue weighted by Gasteiger charge is -2.26. The second-order valence-corrected chi connectivity index (χ2v) is 7.72. The highest BCUT2D eigenvalue weighted by Gasteiger charge is 2.43. The van der Waals surface area contributed by atoms with Crippen LogP contribution in [0.1, 0.15) is 33.9 Å². The van der Waals surface area contributed by atoms with E-state index in [-0.39, 0.29) is 42.9 Å². The molecule has 0 saturated carbocycles. The molecule has 2 aromatic rings. The summed E-state index contributed by atoms with van der Waals surface area (Å²) in [5.41, 5.74) is 1.85. The van der Waals surface area contributed by atoms with E-state index in [1.165, 1.54) is 12.1 Å². The van der Waals surface area contributed by atoms with Crippen LogP contribution in [-0.2, 0) is 17.6 Å². The molecule has 3 aliphatic rings. The van der Waals surface area contributed by atoms with Gasteiger partial charge in [-0.3, -0.25) is 4.57 Å². The SMILES string of the molecule is O=C(O)c1ccc(-n2c(C3=CC4C=CC=CC4O3)cc3c2CC(C(F)(F)F)CC3)o1. The van der Waals surface area contributed by atoms with Crippen molar-refractivity contribution < 1.29 is 32.2 Å². The molecular weight excluding hydrogens is 399 g/mol. The molecule has 3 heterocycles. The number of nitrogens with zero attached hydrogens (tertiary/aromatic N) is 1. The number of hydrogen-bond donors (Lipinski definition) is 1. The van der Waals surface area contributed by atoms with Crippen LogP contribution in [0.2, 0.25) is 0 Å². The summed E-state index contributed by atoms with van der Waals surface area (Å²) in [6, 6.07) is 4.60. The first-order valence-corrected chi connectivity index (χ1v) is 9.69. The molecule has 3 atom stereocenters. The number of carboxylic acids is 1. The largest absolute Gasteiger partial charge is 0.484 e. The second kappa shape index (κ2) is 6.68. The number of rotatable bonds is 3. The van der Waals surface area contributed by atoms with Crippen LogP contribution in [0.4, 0.5) is 13.2 Å². The molecule has 1 aliphatic heterocycles. The van der Waals surface area contributed by atoms with Crippen molar-refractivity contribution in [2.45, 2.75) is 31.5 Å². The molecule has 8 heteroatoms. The minimum atomic E-state index is -4.30. The van der Waals surface area contributed by atoms with Gasteiger partial charge in [0.2, 0.25) is 11.6 Å². The van der Waals surface area contributed by atoms with Gasteiger partial charge in [0.15, 0.2) is 0 Å². The number of allylic oxidation sites excluding steroid dienone is 2. The molecule has 156 valence electrons. The van der Waals surface area contributed by atoms with Gasteiger partial charge in [-0.1, -0.05) is 18.2 Å². The molecule has 0 saturated heterocycles. The molecule has 0 amide bonds. The average Bonchev–Trinajstić information content (AvgIpc) is 3.41. The predicted molar refractivity (Wildman–Crippen MR) is 101 cm³/mol. The molecule has 0 spiro atoms. The Balaban J connectivity index is 1.62. The number of aromatic nitrogens is 1. The van der Waals surface area contributed by atoms with Gasteiger partial charge in [0, 0.05) is 17.7 Å². The number of hydrogen-bond acceptors (Lipinski definition) is 3. The van der Waals surface area contributed by atoms with Crippen LogP contribution >= 0.6 is 0 Å². The third-order valence-electron chi connectivity index (χ3n) is 5.86. The number of ether oxygens (including phenoxy) is 1. The van der Waals surface area contributed by atoms with Gasteiger partial charge in [0.05, 0.1) is 11.6 Å². The minimum absolute atomic E-state index is 0.0229. The first-order chi connectivity index (χ1) is 14.3. The monoisotopic (exact) mass is 417 g/mol. The fourth-order valence-electron chi connectivity index (χ4n) is 4.36. The highest BCUT2D eigenvalue weighted by Crippen LogP contribution is 2.42. The molecular formula is C22H18F3NO4. The third kappa shape index (κ3) is 3.07. The Morgan fingerprint density at radius 3 is 2.70 bits per heavy atom. The molecule has 2 aliphatic carbocycles. The topological polar surface area (TPSA) is 64.6 Å². The summed E-state index contributed by atoms with van der Waals surface area (Å²) >= 11 is 0. The van der Waals surface area contributed by atoms with E-state index in [1.807, 2.05) is 36.4 Å². The number of aryl methyl sites for hydroxylation is 1. The Morgan fingerprint density at radius 2 is 2.00 bits per heavy atom. The van der Waals surface area contributed by atoms with E-state index in [0.29, 0.717) is 17.1 Å². The molecule has 0 radical (unpaired) electrons. The van der Waals surface area contributed by atoms with Gasteiger partial charge < -0.3 is 14.3 Å². The lowest BCUT2D eigenvalue weighted by Crippen LogP contribution is -2.29. The minimum Gasteiger partial charge on any atom is -0.484 e. The smallest absolute Gasteiger partial charge is 0.392 e. The molecule has 30 heavy (non-hydrogen) atoms. The van der Waals surface area contributed by atoms with E-state index in [1.54, 1.807) is 4.57 Å². The third-order valence-corrected chi connectivity index (χ3v) is 5.86. The number of fused-ring (bicyclic) bond motifs is 2. The summed E-state index contributed by atoms with van der Waals surface area (Å²) in [6.07, 6.45) is 5.33. The maximum absolute atomic E-state index is 13.4. The summed E-state index contributed by atoms with van der Waals surface area (Å²) in [6.45, 7) is 0. The summed E-state index contributed by atoms with van der Waals surface area (Å²) in [5, 5.41) is 9.20. The van der Waals surface area contributed by atoms with Gasteiger partial charge in [0.25, 0.3) is 0 Å². The van der Waals surface area contributed by atoms with Gasteiger partial charge in [0.1, 0.15) is 11.9 Å². The molecule has 3 unspecified atom stereocenters. The van der Waals surface area contributed by atoms with Crippen LogP contribution in [0.3, 0.4) is 0 Å². The molecule has 0 bridgehead atoms. The van der Waals surface area contributed by atoms with Crippen LogP contribution in [0.15, 0.2) is 53.0 Å². The maximum Gasteiger partial charge on any atom is 0.392 e. The Morgan fingerprint density at radius 1 is 1.20 bits per heavy atom. The van der Waals surface area contributed by atoms with Gasteiger partial charge in [-0.2, -0.15) is 13.2 Å². The van der Waals surface area contributed by atoms with Crippen LogP contribution in [0.25, 0.3) is 11.6 Å². The number of aromatic carboxylic acids is 1. The highest BCUT2D eigenvalue weighted by molar-refractivity contribution is 5.84. The van der Waals surface area contributed by atoms with Crippen molar-refractivity contribution in [1.29, 1.82) is 0 Å². The fourth-order valence-corrected chi connectivity index (χ4v) is 4.36. The lowest BCUT2D eigenvalue weighted by atomic mass is 9.87. The van der Waals surface area contributed by atoms with Crippen LogP contribution < -0.4 is 0 Å². The van der Waals surface area contributed by atoms with Crippen molar-refractivity contribution in [3.05, 3.63) is 71.3 Å². The lowest BCUT2D eigenvalue weighted by molar-refractivity contribution is -0.177. The molecule has 2 aromatic heterocycles. The molecule has 0 aromatic carbocycles. The summed E-state index contributed by atoms with van der Waals surface area (Å²) in [4.78, 5) is 11.3. The maximum atomic E-state index is 13.4. The van der Waals surface area contributed by atoms with Crippen molar-refractivity contribution in [1.82, 2.24) is 4.57 Å². The van der Waals surface area contributed by atoms with Crippen molar-refractivity contribution in [2.75, 3.05) is 0 Å². The van der Waals surface area contributed by atoms with Crippen molar-refractivity contribution >= 4 is 11.7 Å². The standard InChI is InChI=1S/C22H18F3NO4/c23-22(24,25)14-6-5-12-9-16(19-10-13-3-1-2-4-17(13)29-19)26(15(12)11-14)20-8-7-18(30-20)21(27)28/h1-4,7-10,13-14,17H,5-6,11H2,(H,27,28). The van der Waals surface area contributed by atoms with E-state index in [4.69, 9.17) is 9.15 Å². The van der Waals surface area contributed by atoms with E-state index < -0.39 is 18.1 Å². The molecule has 5 rings (SSSR count). The van der Waals surface area contributed by atoms with E-state index in [9.17, 15) is 23.1 Å². The first kappa shape index (κ1) is 18.8. The van der Waals surface area contributed by atoms with Gasteiger partial charge in [-0.25, -0.2) is 4.79 Å². The van der Waals surface area contributed by atoms with Gasteiger partial charge >= 0.3 is 12.1 Å². The van der Waals surface area contributed by atoms with Crippen molar-refractivity contribution in [2.24, 2.45) is 11.8 Å². The predicted octanol–water partition coefficient (Wildman–Crippen LogP) is 4.92. The molecule has 1 N–H and O–H groups in total. The zero-order valence-electron chi connectivity index (χ0n) is 15.7. The summed E-state index contributed by atoms with van der Waals surface area (Å²) in [7, 11) is 0. The Labute approximate surface area is 169 Å². The van der Waals surface area contributed by atoms with Gasteiger partial charge in [-0.05, 0) is 49.1 Å². The Kier molecular flexibility index (Phi) is 4.20. The van der Waals surface area contributed by atoms with Crippen LogP contribution in [0.5, 0.6) is 0 Å². The molecule has 5 nitrogen and oxygen atoms in total. The highest BCUT2D eigenvalue weighted by atomic mass is 19.4.